The maximum atomic E-state index is 13.9. The zero-order valence-corrected chi connectivity index (χ0v) is 22.6. The number of anilines is 2. The summed E-state index contributed by atoms with van der Waals surface area (Å²) in [6.45, 7) is 4.45. The summed E-state index contributed by atoms with van der Waals surface area (Å²) in [6.07, 6.45) is -0.969. The highest BCUT2D eigenvalue weighted by atomic mass is 32.2. The first kappa shape index (κ1) is 28.0. The molecule has 10 nitrogen and oxygen atoms in total. The molecule has 12 heteroatoms. The van der Waals surface area contributed by atoms with Crippen LogP contribution in [0.3, 0.4) is 0 Å². The Balaban J connectivity index is 1.54. The van der Waals surface area contributed by atoms with Crippen molar-refractivity contribution < 1.29 is 41.3 Å². The molecule has 0 saturated carbocycles. The van der Waals surface area contributed by atoms with E-state index in [4.69, 9.17) is 23.7 Å². The Morgan fingerprint density at radius 3 is 2.54 bits per heavy atom. The van der Waals surface area contributed by atoms with Gasteiger partial charge in [-0.05, 0) is 48.9 Å². The van der Waals surface area contributed by atoms with Crippen LogP contribution in [-0.2, 0) is 19.6 Å². The van der Waals surface area contributed by atoms with Gasteiger partial charge in [-0.3, -0.25) is 9.52 Å². The van der Waals surface area contributed by atoms with Crippen molar-refractivity contribution in [3.63, 3.8) is 0 Å². The number of methoxy groups -OCH3 is 1. The lowest BCUT2D eigenvalue weighted by molar-refractivity contribution is -0.126. The Labute approximate surface area is 226 Å². The zero-order valence-electron chi connectivity index (χ0n) is 21.8. The lowest BCUT2D eigenvalue weighted by Gasteiger charge is -2.19. The summed E-state index contributed by atoms with van der Waals surface area (Å²) >= 11 is 0. The normalized spacial score (nSPS) is 13.5. The van der Waals surface area contributed by atoms with Crippen LogP contribution in [0.25, 0.3) is 0 Å². The lowest BCUT2D eigenvalue weighted by atomic mass is 10.1. The number of halogens is 1. The first-order valence-corrected chi connectivity index (χ1v) is 13.5. The van der Waals surface area contributed by atoms with Gasteiger partial charge in [0.05, 0.1) is 12.3 Å². The van der Waals surface area contributed by atoms with E-state index < -0.39 is 27.9 Å². The molecule has 0 radical (unpaired) electrons. The van der Waals surface area contributed by atoms with Crippen LogP contribution in [0.2, 0.25) is 0 Å². The van der Waals surface area contributed by atoms with Crippen LogP contribution in [-0.4, -0.2) is 40.7 Å². The van der Waals surface area contributed by atoms with Gasteiger partial charge in [-0.2, -0.15) is 4.39 Å². The van der Waals surface area contributed by atoms with Crippen molar-refractivity contribution in [1.29, 1.82) is 0 Å². The molecule has 1 atom stereocenters. The molecule has 2 N–H and O–H groups in total. The van der Waals surface area contributed by atoms with Gasteiger partial charge in [0.1, 0.15) is 16.4 Å². The minimum Gasteiger partial charge on any atom is -0.492 e. The van der Waals surface area contributed by atoms with Crippen LogP contribution in [0.5, 0.6) is 23.0 Å². The third-order valence-electron chi connectivity index (χ3n) is 5.42. The van der Waals surface area contributed by atoms with Crippen molar-refractivity contribution in [3.8, 4) is 23.0 Å². The summed E-state index contributed by atoms with van der Waals surface area (Å²) in [7, 11) is -2.73. The zero-order chi connectivity index (χ0) is 28.2. The van der Waals surface area contributed by atoms with Gasteiger partial charge in [-0.15, -0.1) is 0 Å². The number of alkyl halides is 1. The van der Waals surface area contributed by atoms with Crippen molar-refractivity contribution in [1.82, 2.24) is 0 Å². The molecule has 1 aliphatic heterocycles. The van der Waals surface area contributed by atoms with Crippen LogP contribution in [0.4, 0.5) is 15.8 Å². The van der Waals surface area contributed by atoms with Crippen LogP contribution in [0, 0.1) is 0 Å². The van der Waals surface area contributed by atoms with Crippen molar-refractivity contribution in [3.05, 3.63) is 66.2 Å². The molecule has 3 aromatic rings. The fourth-order valence-corrected chi connectivity index (χ4v) is 5.05. The van der Waals surface area contributed by atoms with Gasteiger partial charge in [-0.25, -0.2) is 8.42 Å². The van der Waals surface area contributed by atoms with Crippen LogP contribution < -0.4 is 29.0 Å². The van der Waals surface area contributed by atoms with E-state index in [2.05, 4.69) is 10.0 Å². The van der Waals surface area contributed by atoms with E-state index in [1.54, 1.807) is 25.1 Å². The summed E-state index contributed by atoms with van der Waals surface area (Å²) < 4.78 is 69.6. The number of carbonyl (C=O) groups excluding carboxylic acids is 1. The van der Waals surface area contributed by atoms with Crippen LogP contribution in [0.15, 0.2) is 65.6 Å². The van der Waals surface area contributed by atoms with Crippen molar-refractivity contribution >= 4 is 27.3 Å². The second-order valence-electron chi connectivity index (χ2n) is 8.91. The van der Waals surface area contributed by atoms with E-state index in [0.717, 1.165) is 0 Å². The smallest absolute Gasteiger partial charge is 0.265 e. The second kappa shape index (κ2) is 11.4. The molecule has 1 amide bonds. The predicted molar refractivity (Wildman–Crippen MR) is 142 cm³/mol. The molecule has 0 bridgehead atoms. The standard InChI is InChI=1S/C27H29FN2O8S/c1-5-35-23-15-18(29-26(31)25(34-4)17-9-11-21-22(13-17)37-16-36-21)10-12-24(23)39(32,33)30-19-7-6-8-20(14-19)38-27(2,3)28/h6-15,25,30H,5,16H2,1-4H3,(H,29,31). The van der Waals surface area contributed by atoms with E-state index in [9.17, 15) is 17.6 Å². The van der Waals surface area contributed by atoms with Gasteiger partial charge in [0.2, 0.25) is 12.6 Å². The predicted octanol–water partition coefficient (Wildman–Crippen LogP) is 5.03. The number of hydrogen-bond acceptors (Lipinski definition) is 8. The molecule has 0 aromatic heterocycles. The van der Waals surface area contributed by atoms with E-state index in [1.807, 2.05) is 0 Å². The first-order valence-electron chi connectivity index (χ1n) is 12.0. The van der Waals surface area contributed by atoms with Gasteiger partial charge in [0.25, 0.3) is 15.9 Å². The van der Waals surface area contributed by atoms with Crippen molar-refractivity contribution in [2.45, 2.75) is 37.6 Å². The Kier molecular flexibility index (Phi) is 8.17. The Bertz CT molecular complexity index is 1460. The molecule has 1 heterocycles. The first-order chi connectivity index (χ1) is 18.5. The number of nitrogens with one attached hydrogen (secondary N) is 2. The number of hydrogen-bond donors (Lipinski definition) is 2. The Hall–Kier alpha value is -4.03. The third-order valence-corrected chi connectivity index (χ3v) is 6.84. The highest BCUT2D eigenvalue weighted by molar-refractivity contribution is 7.92. The van der Waals surface area contributed by atoms with Gasteiger partial charge >= 0.3 is 0 Å². The Morgan fingerprint density at radius 1 is 1.05 bits per heavy atom. The number of amides is 1. The summed E-state index contributed by atoms with van der Waals surface area (Å²) in [5.41, 5.74) is 1.02. The molecule has 208 valence electrons. The van der Waals surface area contributed by atoms with Crippen LogP contribution in [0.1, 0.15) is 32.4 Å². The molecule has 0 saturated heterocycles. The topological polar surface area (TPSA) is 121 Å². The number of benzene rings is 3. The molecule has 0 aliphatic carbocycles. The van der Waals surface area contributed by atoms with Crippen molar-refractivity contribution in [2.75, 3.05) is 30.5 Å². The number of sulfonamides is 1. The molecule has 1 aliphatic rings. The molecule has 4 rings (SSSR count). The SMILES string of the molecule is CCOc1cc(NC(=O)C(OC)c2ccc3c(c2)OCO3)ccc1S(=O)(=O)Nc1cccc(OC(C)(C)F)c1. The van der Waals surface area contributed by atoms with E-state index in [-0.39, 0.29) is 35.5 Å². The highest BCUT2D eigenvalue weighted by Crippen LogP contribution is 2.36. The quantitative estimate of drug-likeness (QED) is 0.335. The van der Waals surface area contributed by atoms with Crippen molar-refractivity contribution in [2.24, 2.45) is 0 Å². The van der Waals surface area contributed by atoms with Gasteiger partial charge in [0.15, 0.2) is 17.6 Å². The summed E-state index contributed by atoms with van der Waals surface area (Å²) in [4.78, 5) is 12.9. The average Bonchev–Trinajstić information content (AvgIpc) is 3.32. The maximum Gasteiger partial charge on any atom is 0.265 e. The monoisotopic (exact) mass is 560 g/mol. The maximum absolute atomic E-state index is 13.9. The minimum atomic E-state index is -4.13. The third kappa shape index (κ3) is 6.89. The highest BCUT2D eigenvalue weighted by Gasteiger charge is 2.26. The van der Waals surface area contributed by atoms with E-state index in [0.29, 0.717) is 22.7 Å². The molecule has 3 aromatic carbocycles. The van der Waals surface area contributed by atoms with Crippen LogP contribution >= 0.6 is 0 Å². The van der Waals surface area contributed by atoms with Gasteiger partial charge < -0.3 is 29.0 Å². The number of ether oxygens (including phenoxy) is 5. The van der Waals surface area contributed by atoms with E-state index >= 15 is 0 Å². The average molecular weight is 561 g/mol. The minimum absolute atomic E-state index is 0.0251. The molecule has 0 spiro atoms. The molecular weight excluding hydrogens is 531 g/mol. The fraction of sp³-hybridized carbons (Fsp3) is 0.296. The molecule has 39 heavy (non-hydrogen) atoms. The van der Waals surface area contributed by atoms with Gasteiger partial charge in [-0.1, -0.05) is 12.1 Å². The fourth-order valence-electron chi connectivity index (χ4n) is 3.87. The lowest BCUT2D eigenvalue weighted by Crippen LogP contribution is -2.23. The summed E-state index contributed by atoms with van der Waals surface area (Å²) in [5, 5.41) is 2.73. The Morgan fingerprint density at radius 2 is 1.82 bits per heavy atom. The van der Waals surface area contributed by atoms with Gasteiger partial charge in [0, 0.05) is 38.8 Å². The molecule has 0 fully saturated rings. The largest absolute Gasteiger partial charge is 0.492 e. The molecular formula is C27H29FN2O8S. The summed E-state index contributed by atoms with van der Waals surface area (Å²) in [5.74, 6) is -1.16. The summed E-state index contributed by atoms with van der Waals surface area (Å²) in [6, 6.07) is 15.1. The molecule has 1 unspecified atom stereocenters. The number of fused-ring (bicyclic) bond motifs is 1. The van der Waals surface area contributed by atoms with E-state index in [1.165, 1.54) is 63.4 Å². The number of carbonyl (C=O) groups is 1. The number of rotatable bonds is 11. The second-order valence-corrected chi connectivity index (χ2v) is 10.6.